The minimum atomic E-state index is -3.03. The van der Waals surface area contributed by atoms with E-state index in [0.717, 1.165) is 69.7 Å². The minimum absolute atomic E-state index is 0.0947. The van der Waals surface area contributed by atoms with Gasteiger partial charge in [-0.1, -0.05) is 36.4 Å². The summed E-state index contributed by atoms with van der Waals surface area (Å²) in [5, 5.41) is 3.46. The van der Waals surface area contributed by atoms with E-state index in [1.54, 1.807) is 12.1 Å². The third-order valence-electron chi connectivity index (χ3n) is 9.35. The predicted octanol–water partition coefficient (Wildman–Crippen LogP) is 7.84. The van der Waals surface area contributed by atoms with Crippen LogP contribution in [0.15, 0.2) is 60.7 Å². The summed E-state index contributed by atoms with van der Waals surface area (Å²) in [5.41, 5.74) is 2.45. The predicted molar refractivity (Wildman–Crippen MR) is 159 cm³/mol. The molecule has 3 atom stereocenters. The van der Waals surface area contributed by atoms with Gasteiger partial charge in [0, 0.05) is 31.2 Å². The van der Waals surface area contributed by atoms with E-state index in [-0.39, 0.29) is 29.4 Å². The van der Waals surface area contributed by atoms with Crippen molar-refractivity contribution in [3.05, 3.63) is 94.6 Å². The van der Waals surface area contributed by atoms with Crippen molar-refractivity contribution in [2.45, 2.75) is 76.5 Å². The number of nitrogens with zero attached hydrogens (tertiary/aromatic N) is 1. The van der Waals surface area contributed by atoms with Gasteiger partial charge in [-0.25, -0.2) is 17.6 Å². The van der Waals surface area contributed by atoms with Crippen molar-refractivity contribution < 1.29 is 27.0 Å². The number of nitrogens with one attached hydrogen (secondary N) is 1. The molecule has 1 saturated carbocycles. The lowest BCUT2D eigenvalue weighted by Crippen LogP contribution is -2.43. The van der Waals surface area contributed by atoms with Crippen LogP contribution in [0.4, 0.5) is 17.6 Å². The summed E-state index contributed by atoms with van der Waals surface area (Å²) in [7, 11) is 0. The summed E-state index contributed by atoms with van der Waals surface area (Å²) in [6.45, 7) is 2.85. The molecule has 4 nitrogen and oxygen atoms in total. The standard InChI is InChI=1S/C35H40F4N2O2/c1-34(38,39)23-41-17-11-25-18-26(42-22-24-6-3-2-4-7-24)8-9-29(25)33(41)32-30(36)19-28(20-31(32)37)43-27-10-13-35(21-27)12-5-15-40-16-14-35/h2-4,6-9,18-20,27,33,40H,5,10-17,21-23H2,1H3. The smallest absolute Gasteiger partial charge is 0.257 e. The molecule has 2 heterocycles. The van der Waals surface area contributed by atoms with E-state index >= 15 is 8.78 Å². The van der Waals surface area contributed by atoms with E-state index in [1.807, 2.05) is 36.4 Å². The maximum Gasteiger partial charge on any atom is 0.257 e. The molecule has 3 aromatic rings. The van der Waals surface area contributed by atoms with Gasteiger partial charge in [-0.2, -0.15) is 0 Å². The molecule has 1 aliphatic carbocycles. The lowest BCUT2D eigenvalue weighted by molar-refractivity contribution is -0.0245. The largest absolute Gasteiger partial charge is 0.490 e. The molecule has 0 radical (unpaired) electrons. The Bertz CT molecular complexity index is 1380. The topological polar surface area (TPSA) is 33.7 Å². The monoisotopic (exact) mass is 596 g/mol. The van der Waals surface area contributed by atoms with Crippen molar-refractivity contribution in [3.8, 4) is 11.5 Å². The van der Waals surface area contributed by atoms with Gasteiger partial charge in [0.1, 0.15) is 29.7 Å². The van der Waals surface area contributed by atoms with Crippen LogP contribution in [0, 0.1) is 17.0 Å². The average molecular weight is 597 g/mol. The fourth-order valence-electron chi connectivity index (χ4n) is 7.33. The molecule has 0 bridgehead atoms. The summed E-state index contributed by atoms with van der Waals surface area (Å²) in [5.74, 6) is -3.82. The molecule has 3 unspecified atom stereocenters. The van der Waals surface area contributed by atoms with Crippen LogP contribution in [0.25, 0.3) is 0 Å². The average Bonchev–Trinajstić information content (AvgIpc) is 3.20. The van der Waals surface area contributed by atoms with Gasteiger partial charge in [0.25, 0.3) is 5.92 Å². The molecule has 1 N–H and O–H groups in total. The van der Waals surface area contributed by atoms with Crippen molar-refractivity contribution in [2.24, 2.45) is 5.41 Å². The van der Waals surface area contributed by atoms with Gasteiger partial charge in [-0.05, 0) is 92.3 Å². The van der Waals surface area contributed by atoms with Gasteiger partial charge in [0.2, 0.25) is 0 Å². The molecule has 0 aromatic heterocycles. The molecule has 1 spiro atoms. The molecule has 2 fully saturated rings. The molecular formula is C35H40F4N2O2. The van der Waals surface area contributed by atoms with E-state index in [4.69, 9.17) is 9.47 Å². The van der Waals surface area contributed by atoms with Crippen LogP contribution in [0.2, 0.25) is 0 Å². The number of fused-ring (bicyclic) bond motifs is 1. The second kappa shape index (κ2) is 12.5. The molecule has 230 valence electrons. The van der Waals surface area contributed by atoms with Crippen LogP contribution >= 0.6 is 0 Å². The number of halogens is 4. The molecule has 8 heteroatoms. The van der Waals surface area contributed by atoms with Gasteiger partial charge in [-0.15, -0.1) is 0 Å². The number of rotatable bonds is 8. The third-order valence-corrected chi connectivity index (χ3v) is 9.35. The first-order valence-corrected chi connectivity index (χ1v) is 15.5. The van der Waals surface area contributed by atoms with Gasteiger partial charge in [-0.3, -0.25) is 4.90 Å². The normalized spacial score (nSPS) is 24.5. The molecular weight excluding hydrogens is 556 g/mol. The zero-order chi connectivity index (χ0) is 30.0. The van der Waals surface area contributed by atoms with Crippen molar-refractivity contribution >= 4 is 0 Å². The maximum absolute atomic E-state index is 15.9. The van der Waals surface area contributed by atoms with Gasteiger partial charge in [0.15, 0.2) is 0 Å². The number of benzene rings is 3. The molecule has 3 aliphatic rings. The first-order valence-electron chi connectivity index (χ1n) is 15.5. The Morgan fingerprint density at radius 1 is 0.953 bits per heavy atom. The van der Waals surface area contributed by atoms with Crippen LogP contribution in [0.1, 0.15) is 73.7 Å². The van der Waals surface area contributed by atoms with Crippen LogP contribution < -0.4 is 14.8 Å². The fourth-order valence-corrected chi connectivity index (χ4v) is 7.33. The molecule has 2 aliphatic heterocycles. The highest BCUT2D eigenvalue weighted by Crippen LogP contribution is 2.47. The molecule has 1 saturated heterocycles. The highest BCUT2D eigenvalue weighted by atomic mass is 19.3. The lowest BCUT2D eigenvalue weighted by Gasteiger charge is -2.39. The summed E-state index contributed by atoms with van der Waals surface area (Å²) < 4.78 is 72.5. The Morgan fingerprint density at radius 2 is 1.74 bits per heavy atom. The Kier molecular flexibility index (Phi) is 8.70. The van der Waals surface area contributed by atoms with Crippen molar-refractivity contribution in [1.82, 2.24) is 10.2 Å². The fraction of sp³-hybridized carbons (Fsp3) is 0.486. The zero-order valence-electron chi connectivity index (χ0n) is 24.7. The zero-order valence-corrected chi connectivity index (χ0v) is 24.7. The number of hydrogen-bond acceptors (Lipinski definition) is 4. The summed E-state index contributed by atoms with van der Waals surface area (Å²) in [4.78, 5) is 1.48. The van der Waals surface area contributed by atoms with E-state index in [2.05, 4.69) is 5.32 Å². The first-order chi connectivity index (χ1) is 20.7. The Labute approximate surface area is 251 Å². The van der Waals surface area contributed by atoms with Crippen molar-refractivity contribution in [3.63, 3.8) is 0 Å². The van der Waals surface area contributed by atoms with Gasteiger partial charge in [0.05, 0.1) is 18.7 Å². The Balaban J connectivity index is 1.25. The highest BCUT2D eigenvalue weighted by molar-refractivity contribution is 5.46. The third kappa shape index (κ3) is 7.01. The number of alkyl halides is 2. The van der Waals surface area contributed by atoms with E-state index < -0.39 is 30.1 Å². The minimum Gasteiger partial charge on any atom is -0.490 e. The first kappa shape index (κ1) is 29.9. The highest BCUT2D eigenvalue weighted by Gasteiger charge is 2.41. The molecule has 0 amide bonds. The quantitative estimate of drug-likeness (QED) is 0.269. The van der Waals surface area contributed by atoms with E-state index in [9.17, 15) is 8.78 Å². The van der Waals surface area contributed by atoms with E-state index in [0.29, 0.717) is 24.3 Å². The Morgan fingerprint density at radius 3 is 2.51 bits per heavy atom. The summed E-state index contributed by atoms with van der Waals surface area (Å²) in [6.07, 6.45) is 6.52. The summed E-state index contributed by atoms with van der Waals surface area (Å²) in [6, 6.07) is 16.6. The van der Waals surface area contributed by atoms with Gasteiger partial charge >= 0.3 is 0 Å². The molecule has 3 aromatic carbocycles. The number of hydrogen-bond donors (Lipinski definition) is 1. The Hall–Kier alpha value is -3.10. The lowest BCUT2D eigenvalue weighted by atomic mass is 9.79. The second-order valence-corrected chi connectivity index (χ2v) is 12.7. The molecule has 43 heavy (non-hydrogen) atoms. The van der Waals surface area contributed by atoms with Crippen LogP contribution in [0.5, 0.6) is 11.5 Å². The van der Waals surface area contributed by atoms with Crippen LogP contribution in [0.3, 0.4) is 0 Å². The number of ether oxygens (including phenoxy) is 2. The summed E-state index contributed by atoms with van der Waals surface area (Å²) >= 11 is 0. The molecule has 6 rings (SSSR count). The van der Waals surface area contributed by atoms with Gasteiger partial charge < -0.3 is 14.8 Å². The van der Waals surface area contributed by atoms with Crippen LogP contribution in [-0.2, 0) is 13.0 Å². The SMILES string of the molecule is CC(F)(F)CN1CCc2cc(OCc3ccccc3)ccc2C1c1c(F)cc(OC2CCC3(CCCNCC3)C2)cc1F. The van der Waals surface area contributed by atoms with E-state index in [1.165, 1.54) is 17.0 Å². The van der Waals surface area contributed by atoms with Crippen molar-refractivity contribution in [2.75, 3.05) is 26.2 Å². The maximum atomic E-state index is 15.9. The van der Waals surface area contributed by atoms with Crippen molar-refractivity contribution in [1.29, 1.82) is 0 Å². The second-order valence-electron chi connectivity index (χ2n) is 12.7. The van der Waals surface area contributed by atoms with Crippen LogP contribution in [-0.4, -0.2) is 43.1 Å².